The Labute approximate surface area is 180 Å². The van der Waals surface area contributed by atoms with Crippen LogP contribution in [-0.4, -0.2) is 11.2 Å². The molecule has 1 nitrogen and oxygen atoms in total. The summed E-state index contributed by atoms with van der Waals surface area (Å²) in [6.07, 6.45) is 19.3. The van der Waals surface area contributed by atoms with Gasteiger partial charge in [0.1, 0.15) is 0 Å². The van der Waals surface area contributed by atoms with Crippen LogP contribution in [-0.2, 0) is 0 Å². The van der Waals surface area contributed by atoms with Gasteiger partial charge in [-0.15, -0.1) is 0 Å². The zero-order valence-corrected chi connectivity index (χ0v) is 19.8. The second-order valence-corrected chi connectivity index (χ2v) is 11.9. The van der Waals surface area contributed by atoms with Crippen molar-refractivity contribution in [2.45, 2.75) is 111 Å². The Bertz CT molecular complexity index is 657. The molecule has 0 radical (unpaired) electrons. The molecule has 0 aromatic heterocycles. The minimum absolute atomic E-state index is 0.0801. The molecule has 3 saturated carbocycles. The van der Waals surface area contributed by atoms with Crippen molar-refractivity contribution >= 4 is 0 Å². The van der Waals surface area contributed by atoms with Crippen LogP contribution in [0.2, 0.25) is 0 Å². The van der Waals surface area contributed by atoms with E-state index >= 15 is 0 Å². The van der Waals surface area contributed by atoms with Gasteiger partial charge in [-0.05, 0) is 118 Å². The maximum absolute atomic E-state index is 10.2. The average molecular weight is 399 g/mol. The van der Waals surface area contributed by atoms with Gasteiger partial charge in [-0.1, -0.05) is 51.0 Å². The normalized spacial score (nSPS) is 44.9. The van der Waals surface area contributed by atoms with Gasteiger partial charge in [-0.3, -0.25) is 0 Å². The third kappa shape index (κ3) is 3.68. The first-order valence-electron chi connectivity index (χ1n) is 12.8. The molecule has 4 rings (SSSR count). The summed E-state index contributed by atoms with van der Waals surface area (Å²) in [6.45, 7) is 12.1. The fraction of sp³-hybridized carbons (Fsp3) is 0.857. The highest BCUT2D eigenvalue weighted by molar-refractivity contribution is 5.25. The lowest BCUT2D eigenvalue weighted by atomic mass is 9.47. The van der Waals surface area contributed by atoms with E-state index in [1.54, 1.807) is 11.1 Å². The Hall–Kier alpha value is -0.560. The first-order valence-corrected chi connectivity index (χ1v) is 12.8. The summed E-state index contributed by atoms with van der Waals surface area (Å²) in [5.41, 5.74) is 4.25. The highest BCUT2D eigenvalue weighted by Gasteiger charge is 2.58. The second-order valence-electron chi connectivity index (χ2n) is 11.9. The lowest BCUT2D eigenvalue weighted by Crippen LogP contribution is -2.50. The number of allylic oxidation sites excluding steroid dienone is 3. The number of hydrogen-bond acceptors (Lipinski definition) is 1. The van der Waals surface area contributed by atoms with E-state index in [1.165, 1.54) is 57.8 Å². The third-order valence-electron chi connectivity index (χ3n) is 10.4. The lowest BCUT2D eigenvalue weighted by molar-refractivity contribution is -0.0508. The van der Waals surface area contributed by atoms with E-state index in [4.69, 9.17) is 0 Å². The fourth-order valence-corrected chi connectivity index (χ4v) is 8.54. The SMILES string of the molecule is C/C=C(/CCCC1CC[C@H]2C3CC=C4CC(O)CCC4(C)C3CCC12C)C(C)C. The van der Waals surface area contributed by atoms with Crippen molar-refractivity contribution in [2.24, 2.45) is 40.4 Å². The van der Waals surface area contributed by atoms with E-state index in [-0.39, 0.29) is 6.10 Å². The van der Waals surface area contributed by atoms with Gasteiger partial charge in [0, 0.05) is 0 Å². The summed E-state index contributed by atoms with van der Waals surface area (Å²) in [5, 5.41) is 10.2. The molecule has 0 amide bonds. The number of rotatable bonds is 5. The zero-order valence-electron chi connectivity index (χ0n) is 19.8. The van der Waals surface area contributed by atoms with E-state index in [2.05, 4.69) is 46.8 Å². The van der Waals surface area contributed by atoms with Gasteiger partial charge in [0.05, 0.1) is 6.10 Å². The second kappa shape index (κ2) is 8.18. The van der Waals surface area contributed by atoms with Gasteiger partial charge < -0.3 is 5.11 Å². The van der Waals surface area contributed by atoms with Gasteiger partial charge in [-0.25, -0.2) is 0 Å². The van der Waals surface area contributed by atoms with E-state index in [0.717, 1.165) is 36.5 Å². The van der Waals surface area contributed by atoms with Crippen LogP contribution in [0.4, 0.5) is 0 Å². The van der Waals surface area contributed by atoms with Crippen LogP contribution in [0.15, 0.2) is 23.3 Å². The summed E-state index contributed by atoms with van der Waals surface area (Å²) in [5.74, 6) is 4.39. The van der Waals surface area contributed by atoms with Crippen molar-refractivity contribution in [3.8, 4) is 0 Å². The van der Waals surface area contributed by atoms with Crippen LogP contribution >= 0.6 is 0 Å². The Morgan fingerprint density at radius 3 is 2.66 bits per heavy atom. The standard InChI is InChI=1S/C28H46O/c1-6-20(19(2)3)8-7-9-21-11-13-25-24-12-10-22-18-23(29)14-16-28(22,5)26(24)15-17-27(21,25)4/h6,10,19,21,23-26,29H,7-9,11-18H2,1-5H3/b20-6-/t21?,23?,24?,25-,26?,27?,28?/m0/s1. The molecule has 0 saturated heterocycles. The molecule has 3 fully saturated rings. The molecular weight excluding hydrogens is 352 g/mol. The maximum atomic E-state index is 10.2. The molecule has 7 atom stereocenters. The molecule has 0 aliphatic heterocycles. The molecule has 29 heavy (non-hydrogen) atoms. The predicted molar refractivity (Wildman–Crippen MR) is 124 cm³/mol. The summed E-state index contributed by atoms with van der Waals surface area (Å²) in [4.78, 5) is 0. The van der Waals surface area contributed by atoms with Crippen molar-refractivity contribution in [2.75, 3.05) is 0 Å². The molecule has 0 aromatic carbocycles. The highest BCUT2D eigenvalue weighted by Crippen LogP contribution is 2.66. The van der Waals surface area contributed by atoms with Crippen molar-refractivity contribution in [1.82, 2.24) is 0 Å². The minimum Gasteiger partial charge on any atom is -0.393 e. The molecular formula is C28H46O. The van der Waals surface area contributed by atoms with Crippen LogP contribution in [0, 0.1) is 40.4 Å². The monoisotopic (exact) mass is 398 g/mol. The average Bonchev–Trinajstić information content (AvgIpc) is 3.02. The molecule has 1 heteroatoms. The fourth-order valence-electron chi connectivity index (χ4n) is 8.54. The Morgan fingerprint density at radius 1 is 1.14 bits per heavy atom. The van der Waals surface area contributed by atoms with Crippen molar-refractivity contribution in [3.63, 3.8) is 0 Å². The summed E-state index contributed by atoms with van der Waals surface area (Å²) in [7, 11) is 0. The van der Waals surface area contributed by atoms with E-state index in [9.17, 15) is 5.11 Å². The number of fused-ring (bicyclic) bond motifs is 5. The van der Waals surface area contributed by atoms with Gasteiger partial charge in [0.15, 0.2) is 0 Å². The molecule has 4 aliphatic carbocycles. The first-order chi connectivity index (χ1) is 13.8. The topological polar surface area (TPSA) is 20.2 Å². The molecule has 164 valence electrons. The molecule has 0 aromatic rings. The quantitative estimate of drug-likeness (QED) is 0.470. The van der Waals surface area contributed by atoms with Crippen LogP contribution in [0.3, 0.4) is 0 Å². The maximum Gasteiger partial charge on any atom is 0.0577 e. The predicted octanol–water partition coefficient (Wildman–Crippen LogP) is 7.70. The smallest absolute Gasteiger partial charge is 0.0577 e. The van der Waals surface area contributed by atoms with Gasteiger partial charge >= 0.3 is 0 Å². The molecule has 4 aliphatic rings. The largest absolute Gasteiger partial charge is 0.393 e. The van der Waals surface area contributed by atoms with Crippen LogP contribution in [0.25, 0.3) is 0 Å². The Morgan fingerprint density at radius 2 is 1.93 bits per heavy atom. The molecule has 0 spiro atoms. The Balaban J connectivity index is 1.45. The van der Waals surface area contributed by atoms with Crippen LogP contribution in [0.5, 0.6) is 0 Å². The van der Waals surface area contributed by atoms with Gasteiger partial charge in [0.25, 0.3) is 0 Å². The van der Waals surface area contributed by atoms with E-state index < -0.39 is 0 Å². The molecule has 0 heterocycles. The van der Waals surface area contributed by atoms with Crippen LogP contribution < -0.4 is 0 Å². The third-order valence-corrected chi connectivity index (χ3v) is 10.4. The van der Waals surface area contributed by atoms with Crippen LogP contribution in [0.1, 0.15) is 105 Å². The van der Waals surface area contributed by atoms with Crippen molar-refractivity contribution < 1.29 is 5.11 Å². The highest BCUT2D eigenvalue weighted by atomic mass is 16.3. The lowest BCUT2D eigenvalue weighted by Gasteiger charge is -2.58. The van der Waals surface area contributed by atoms with Gasteiger partial charge in [-0.2, -0.15) is 0 Å². The number of aliphatic hydroxyl groups excluding tert-OH is 1. The van der Waals surface area contributed by atoms with E-state index in [1.807, 2.05) is 0 Å². The summed E-state index contributed by atoms with van der Waals surface area (Å²) in [6, 6.07) is 0. The molecule has 0 bridgehead atoms. The molecule has 6 unspecified atom stereocenters. The zero-order chi connectivity index (χ0) is 20.8. The Kier molecular flexibility index (Phi) is 6.11. The molecule has 1 N–H and O–H groups in total. The van der Waals surface area contributed by atoms with Crippen molar-refractivity contribution in [1.29, 1.82) is 0 Å². The van der Waals surface area contributed by atoms with E-state index in [0.29, 0.717) is 16.7 Å². The number of aliphatic hydroxyl groups is 1. The minimum atomic E-state index is -0.0801. The summed E-state index contributed by atoms with van der Waals surface area (Å²) >= 11 is 0. The first kappa shape index (κ1) is 21.7. The number of hydrogen-bond donors (Lipinski definition) is 1. The van der Waals surface area contributed by atoms with Crippen molar-refractivity contribution in [3.05, 3.63) is 23.3 Å². The van der Waals surface area contributed by atoms with Gasteiger partial charge in [0.2, 0.25) is 0 Å². The summed E-state index contributed by atoms with van der Waals surface area (Å²) < 4.78 is 0.